The van der Waals surface area contributed by atoms with Crippen LogP contribution < -0.4 is 0 Å². The molecule has 124 valence electrons. The molecule has 0 amide bonds. The number of aromatic nitrogens is 2. The maximum atomic E-state index is 12.5. The van der Waals surface area contributed by atoms with Crippen molar-refractivity contribution in [1.82, 2.24) is 13.9 Å². The fraction of sp³-hybridized carbons (Fsp3) is 0.308. The second-order valence-corrected chi connectivity index (χ2v) is 10.1. The van der Waals surface area contributed by atoms with Crippen LogP contribution in [0.25, 0.3) is 0 Å². The molecule has 0 saturated carbocycles. The van der Waals surface area contributed by atoms with Crippen LogP contribution in [0.3, 0.4) is 0 Å². The van der Waals surface area contributed by atoms with Gasteiger partial charge in [-0.3, -0.25) is 0 Å². The Morgan fingerprint density at radius 1 is 1.17 bits per heavy atom. The molecule has 0 N–H and O–H groups in total. The van der Waals surface area contributed by atoms with Gasteiger partial charge in [0.05, 0.1) is 10.1 Å². The van der Waals surface area contributed by atoms with E-state index in [1.54, 1.807) is 31.4 Å². The third kappa shape index (κ3) is 2.73. The normalized spacial score (nSPS) is 17.1. The molecule has 0 aliphatic carbocycles. The number of hydrogen-bond donors (Lipinski definition) is 0. The first-order chi connectivity index (χ1) is 10.7. The van der Waals surface area contributed by atoms with Crippen LogP contribution in [0.5, 0.6) is 0 Å². The highest BCUT2D eigenvalue weighted by Crippen LogP contribution is 2.31. The first kappa shape index (κ1) is 16.6. The van der Waals surface area contributed by atoms with Gasteiger partial charge in [0.1, 0.15) is 0 Å². The molecule has 0 radical (unpaired) electrons. The van der Waals surface area contributed by atoms with Gasteiger partial charge in [-0.15, -0.1) is 0 Å². The van der Waals surface area contributed by atoms with Gasteiger partial charge in [-0.05, 0) is 28.1 Å². The molecule has 0 spiro atoms. The van der Waals surface area contributed by atoms with Gasteiger partial charge in [0, 0.05) is 37.0 Å². The van der Waals surface area contributed by atoms with Gasteiger partial charge >= 0.3 is 0 Å². The lowest BCUT2D eigenvalue weighted by Gasteiger charge is -2.37. The van der Waals surface area contributed by atoms with E-state index in [0.29, 0.717) is 4.47 Å². The maximum absolute atomic E-state index is 12.5. The predicted octanol–water partition coefficient (Wildman–Crippen LogP) is 1.03. The molecule has 7 nitrogen and oxygen atoms in total. The summed E-state index contributed by atoms with van der Waals surface area (Å²) in [5, 5.41) is -0.818. The van der Waals surface area contributed by atoms with E-state index in [1.165, 1.54) is 16.8 Å². The summed E-state index contributed by atoms with van der Waals surface area (Å²) in [7, 11) is -5.76. The minimum Gasteiger partial charge on any atom is -0.325 e. The Morgan fingerprint density at radius 3 is 2.39 bits per heavy atom. The first-order valence-corrected chi connectivity index (χ1v) is 10.5. The van der Waals surface area contributed by atoms with Gasteiger partial charge in [-0.1, -0.05) is 12.1 Å². The molecule has 0 atom stereocenters. The van der Waals surface area contributed by atoms with Crippen LogP contribution in [0, 0.1) is 0 Å². The molecule has 1 aromatic heterocycles. The Balaban J connectivity index is 1.82. The number of hydrogen-bond acceptors (Lipinski definition) is 5. The molecule has 10 heteroatoms. The zero-order chi connectivity index (χ0) is 16.8. The van der Waals surface area contributed by atoms with Crippen molar-refractivity contribution in [3.05, 3.63) is 41.1 Å². The van der Waals surface area contributed by atoms with Crippen molar-refractivity contribution >= 4 is 35.8 Å². The minimum atomic E-state index is -3.71. The van der Waals surface area contributed by atoms with E-state index in [0.717, 1.165) is 4.31 Å². The summed E-state index contributed by atoms with van der Waals surface area (Å²) >= 11 is 3.21. The zero-order valence-electron chi connectivity index (χ0n) is 12.1. The fourth-order valence-electron chi connectivity index (χ4n) is 2.36. The molecule has 1 aliphatic heterocycles. The van der Waals surface area contributed by atoms with Crippen molar-refractivity contribution in [1.29, 1.82) is 0 Å². The van der Waals surface area contributed by atoms with Crippen molar-refractivity contribution in [2.45, 2.75) is 15.3 Å². The monoisotopic (exact) mass is 419 g/mol. The summed E-state index contributed by atoms with van der Waals surface area (Å²) < 4.78 is 53.0. The minimum absolute atomic E-state index is 0.0413. The Labute approximate surface area is 143 Å². The predicted molar refractivity (Wildman–Crippen MR) is 87.1 cm³/mol. The molecular weight excluding hydrogens is 406 g/mol. The summed E-state index contributed by atoms with van der Waals surface area (Å²) in [5.41, 5.74) is 0. The van der Waals surface area contributed by atoms with E-state index in [9.17, 15) is 16.8 Å². The highest BCUT2D eigenvalue weighted by atomic mass is 79.9. The summed E-state index contributed by atoms with van der Waals surface area (Å²) in [4.78, 5) is 3.98. The topological polar surface area (TPSA) is 89.3 Å². The second kappa shape index (κ2) is 5.69. The zero-order valence-corrected chi connectivity index (χ0v) is 15.3. The van der Waals surface area contributed by atoms with Crippen LogP contribution in [-0.2, 0) is 26.9 Å². The second-order valence-electron chi connectivity index (χ2n) is 5.24. The van der Waals surface area contributed by atoms with Crippen LogP contribution in [0.2, 0.25) is 0 Å². The van der Waals surface area contributed by atoms with Crippen LogP contribution in [0.15, 0.2) is 51.2 Å². The van der Waals surface area contributed by atoms with Gasteiger partial charge in [-0.2, -0.15) is 4.31 Å². The SMILES string of the molecule is Cn1ccnc1S(=O)(=O)C1CN(S(=O)(=O)c2ccccc2Br)C1. The molecule has 0 bridgehead atoms. The van der Waals surface area contributed by atoms with Gasteiger partial charge in [0.15, 0.2) is 0 Å². The molecule has 23 heavy (non-hydrogen) atoms. The maximum Gasteiger partial charge on any atom is 0.244 e. The number of nitrogens with zero attached hydrogens (tertiary/aromatic N) is 3. The van der Waals surface area contributed by atoms with E-state index < -0.39 is 25.1 Å². The number of sulfonamides is 1. The number of aryl methyl sites for hydroxylation is 1. The van der Waals surface area contributed by atoms with E-state index >= 15 is 0 Å². The number of halogens is 1. The summed E-state index contributed by atoms with van der Waals surface area (Å²) in [6.45, 7) is -0.141. The lowest BCUT2D eigenvalue weighted by molar-refractivity contribution is 0.308. The van der Waals surface area contributed by atoms with E-state index in [1.807, 2.05) is 0 Å². The van der Waals surface area contributed by atoms with E-state index in [2.05, 4.69) is 20.9 Å². The van der Waals surface area contributed by atoms with Crippen molar-refractivity contribution in [3.8, 4) is 0 Å². The average molecular weight is 420 g/mol. The molecule has 3 rings (SSSR count). The Bertz CT molecular complexity index is 947. The van der Waals surface area contributed by atoms with Crippen molar-refractivity contribution in [3.63, 3.8) is 0 Å². The van der Waals surface area contributed by atoms with Crippen LogP contribution in [-0.4, -0.2) is 49.0 Å². The largest absolute Gasteiger partial charge is 0.325 e. The number of benzene rings is 1. The van der Waals surface area contributed by atoms with E-state index in [-0.39, 0.29) is 23.1 Å². The summed E-state index contributed by atoms with van der Waals surface area (Å²) in [6, 6.07) is 6.46. The van der Waals surface area contributed by atoms with Crippen molar-refractivity contribution in [2.75, 3.05) is 13.1 Å². The Morgan fingerprint density at radius 2 is 1.83 bits per heavy atom. The van der Waals surface area contributed by atoms with Gasteiger partial charge < -0.3 is 4.57 Å². The summed E-state index contributed by atoms with van der Waals surface area (Å²) in [6.07, 6.45) is 2.95. The van der Waals surface area contributed by atoms with Gasteiger partial charge in [-0.25, -0.2) is 21.8 Å². The molecule has 1 aromatic carbocycles. The van der Waals surface area contributed by atoms with Gasteiger partial charge in [0.2, 0.25) is 25.0 Å². The quantitative estimate of drug-likeness (QED) is 0.737. The molecule has 1 saturated heterocycles. The van der Waals surface area contributed by atoms with E-state index in [4.69, 9.17) is 0 Å². The third-order valence-electron chi connectivity index (χ3n) is 3.74. The van der Waals surface area contributed by atoms with Gasteiger partial charge in [0.25, 0.3) is 0 Å². The molecule has 0 unspecified atom stereocenters. The number of imidazole rings is 1. The standard InChI is InChI=1S/C13H14BrN3O4S2/c1-16-7-6-15-13(16)22(18,19)10-8-17(9-10)23(20,21)12-5-3-2-4-11(12)14/h2-7,10H,8-9H2,1H3. The Hall–Kier alpha value is -1.23. The lowest BCUT2D eigenvalue weighted by atomic mass is 10.3. The fourth-order valence-corrected chi connectivity index (χ4v) is 6.76. The molecule has 2 heterocycles. The highest BCUT2D eigenvalue weighted by molar-refractivity contribution is 9.10. The smallest absolute Gasteiger partial charge is 0.244 e. The summed E-state index contributed by atoms with van der Waals surface area (Å²) in [5.74, 6) is 0. The number of rotatable bonds is 4. The molecule has 1 fully saturated rings. The highest BCUT2D eigenvalue weighted by Gasteiger charge is 2.45. The van der Waals surface area contributed by atoms with Crippen LogP contribution in [0.1, 0.15) is 0 Å². The van der Waals surface area contributed by atoms with Crippen molar-refractivity contribution in [2.24, 2.45) is 7.05 Å². The molecule has 2 aromatic rings. The van der Waals surface area contributed by atoms with Crippen molar-refractivity contribution < 1.29 is 16.8 Å². The average Bonchev–Trinajstić information content (AvgIpc) is 2.83. The third-order valence-corrected chi connectivity index (χ3v) is 8.66. The Kier molecular flexibility index (Phi) is 4.11. The number of sulfone groups is 1. The van der Waals surface area contributed by atoms with Crippen LogP contribution >= 0.6 is 15.9 Å². The lowest BCUT2D eigenvalue weighted by Crippen LogP contribution is -2.56. The molecular formula is C13H14BrN3O4S2. The first-order valence-electron chi connectivity index (χ1n) is 6.70. The molecule has 1 aliphatic rings. The van der Waals surface area contributed by atoms with Crippen LogP contribution in [0.4, 0.5) is 0 Å².